The van der Waals surface area contributed by atoms with E-state index < -0.39 is 0 Å². The molecule has 18 heavy (non-hydrogen) atoms. The lowest BCUT2D eigenvalue weighted by Gasteiger charge is -2.07. The van der Waals surface area contributed by atoms with Gasteiger partial charge in [-0.05, 0) is 13.1 Å². The SMILES string of the molecule is CNCc1cnc(OCc2ccccc2Cl)cn1. The van der Waals surface area contributed by atoms with Crippen molar-refractivity contribution in [2.45, 2.75) is 13.2 Å². The van der Waals surface area contributed by atoms with Gasteiger partial charge >= 0.3 is 0 Å². The molecule has 0 radical (unpaired) electrons. The van der Waals surface area contributed by atoms with E-state index >= 15 is 0 Å². The number of ether oxygens (including phenoxy) is 1. The molecule has 5 heteroatoms. The van der Waals surface area contributed by atoms with Crippen molar-refractivity contribution in [2.24, 2.45) is 0 Å². The predicted octanol–water partition coefficient (Wildman–Crippen LogP) is 2.43. The first-order chi connectivity index (χ1) is 8.79. The van der Waals surface area contributed by atoms with E-state index in [9.17, 15) is 0 Å². The van der Waals surface area contributed by atoms with Gasteiger partial charge in [-0.3, -0.25) is 4.98 Å². The number of aromatic nitrogens is 2. The van der Waals surface area contributed by atoms with Crippen molar-refractivity contribution in [1.82, 2.24) is 15.3 Å². The molecule has 0 aliphatic carbocycles. The highest BCUT2D eigenvalue weighted by Gasteiger charge is 2.02. The zero-order chi connectivity index (χ0) is 12.8. The van der Waals surface area contributed by atoms with E-state index in [0.717, 1.165) is 11.3 Å². The van der Waals surface area contributed by atoms with Gasteiger partial charge in [0.25, 0.3) is 0 Å². The van der Waals surface area contributed by atoms with Gasteiger partial charge in [0, 0.05) is 17.1 Å². The van der Waals surface area contributed by atoms with Crippen LogP contribution >= 0.6 is 11.6 Å². The number of benzene rings is 1. The van der Waals surface area contributed by atoms with Gasteiger partial charge in [0.1, 0.15) is 6.61 Å². The van der Waals surface area contributed by atoms with E-state index in [2.05, 4.69) is 15.3 Å². The minimum Gasteiger partial charge on any atom is -0.472 e. The molecule has 0 aliphatic rings. The molecule has 1 aromatic heterocycles. The Morgan fingerprint density at radius 3 is 2.72 bits per heavy atom. The van der Waals surface area contributed by atoms with Gasteiger partial charge in [0.05, 0.1) is 18.1 Å². The van der Waals surface area contributed by atoms with Crippen LogP contribution in [0.2, 0.25) is 5.02 Å². The maximum atomic E-state index is 6.03. The Balaban J connectivity index is 1.96. The Bertz CT molecular complexity index is 502. The summed E-state index contributed by atoms with van der Waals surface area (Å²) in [5, 5.41) is 3.70. The van der Waals surface area contributed by atoms with Crippen molar-refractivity contribution < 1.29 is 4.74 Å². The summed E-state index contributed by atoms with van der Waals surface area (Å²) in [6.45, 7) is 1.08. The van der Waals surface area contributed by atoms with Crippen molar-refractivity contribution in [2.75, 3.05) is 7.05 Å². The molecule has 4 nitrogen and oxygen atoms in total. The van der Waals surface area contributed by atoms with Crippen LogP contribution in [0.3, 0.4) is 0 Å². The maximum absolute atomic E-state index is 6.03. The molecule has 1 N–H and O–H groups in total. The van der Waals surface area contributed by atoms with Crippen LogP contribution in [0.4, 0.5) is 0 Å². The van der Waals surface area contributed by atoms with Crippen LogP contribution in [0.25, 0.3) is 0 Å². The Hall–Kier alpha value is -1.65. The lowest BCUT2D eigenvalue weighted by Crippen LogP contribution is -2.07. The predicted molar refractivity (Wildman–Crippen MR) is 70.6 cm³/mol. The third kappa shape index (κ3) is 3.42. The van der Waals surface area contributed by atoms with Crippen LogP contribution in [0.15, 0.2) is 36.7 Å². The van der Waals surface area contributed by atoms with E-state index in [-0.39, 0.29) is 0 Å². The zero-order valence-electron chi connectivity index (χ0n) is 10.1. The van der Waals surface area contributed by atoms with Gasteiger partial charge in [-0.1, -0.05) is 29.8 Å². The lowest BCUT2D eigenvalue weighted by molar-refractivity contribution is 0.292. The highest BCUT2D eigenvalue weighted by molar-refractivity contribution is 6.31. The highest BCUT2D eigenvalue weighted by Crippen LogP contribution is 2.16. The van der Waals surface area contributed by atoms with E-state index in [4.69, 9.17) is 16.3 Å². The minimum absolute atomic E-state index is 0.389. The first-order valence-corrected chi connectivity index (χ1v) is 5.99. The van der Waals surface area contributed by atoms with E-state index in [1.165, 1.54) is 0 Å². The van der Waals surface area contributed by atoms with Gasteiger partial charge in [-0.2, -0.15) is 0 Å². The van der Waals surface area contributed by atoms with Gasteiger partial charge in [0.2, 0.25) is 5.88 Å². The fourth-order valence-corrected chi connectivity index (χ4v) is 1.65. The lowest BCUT2D eigenvalue weighted by atomic mass is 10.2. The third-order valence-corrected chi connectivity index (χ3v) is 2.74. The molecule has 2 aromatic rings. The van der Waals surface area contributed by atoms with Gasteiger partial charge in [-0.25, -0.2) is 4.98 Å². The maximum Gasteiger partial charge on any atom is 0.232 e. The Labute approximate surface area is 111 Å². The number of hydrogen-bond acceptors (Lipinski definition) is 4. The van der Waals surface area contributed by atoms with Crippen molar-refractivity contribution in [3.05, 3.63) is 52.9 Å². The smallest absolute Gasteiger partial charge is 0.232 e. The first kappa shape index (κ1) is 12.8. The van der Waals surface area contributed by atoms with Crippen LogP contribution in [0, 0.1) is 0 Å². The highest BCUT2D eigenvalue weighted by atomic mass is 35.5. The normalized spacial score (nSPS) is 10.3. The molecule has 94 valence electrons. The Morgan fingerprint density at radius 1 is 1.22 bits per heavy atom. The molecule has 0 unspecified atom stereocenters. The standard InChI is InChI=1S/C13H14ClN3O/c1-15-6-11-7-17-13(8-16-11)18-9-10-4-2-3-5-12(10)14/h2-5,7-8,15H,6,9H2,1H3. The average Bonchev–Trinajstić information content (AvgIpc) is 2.40. The Kier molecular flexibility index (Phi) is 4.50. The molecule has 0 aliphatic heterocycles. The second kappa shape index (κ2) is 6.33. The largest absolute Gasteiger partial charge is 0.472 e. The number of rotatable bonds is 5. The molecular weight excluding hydrogens is 250 g/mol. The minimum atomic E-state index is 0.389. The molecule has 0 bridgehead atoms. The van der Waals surface area contributed by atoms with Gasteiger partial charge < -0.3 is 10.1 Å². The molecule has 0 spiro atoms. The zero-order valence-corrected chi connectivity index (χ0v) is 10.8. The number of nitrogens with zero attached hydrogens (tertiary/aromatic N) is 2. The molecule has 0 amide bonds. The quantitative estimate of drug-likeness (QED) is 0.900. The van der Waals surface area contributed by atoms with Crippen molar-refractivity contribution in [3.63, 3.8) is 0 Å². The summed E-state index contributed by atoms with van der Waals surface area (Å²) in [6.07, 6.45) is 3.31. The second-order valence-corrected chi connectivity index (χ2v) is 4.16. The first-order valence-electron chi connectivity index (χ1n) is 5.61. The summed E-state index contributed by atoms with van der Waals surface area (Å²) in [5.41, 5.74) is 1.81. The summed E-state index contributed by atoms with van der Waals surface area (Å²) in [6, 6.07) is 7.57. The average molecular weight is 264 g/mol. The molecule has 1 heterocycles. The molecule has 0 atom stereocenters. The third-order valence-electron chi connectivity index (χ3n) is 2.37. The molecule has 1 aromatic carbocycles. The molecule has 0 fully saturated rings. The summed E-state index contributed by atoms with van der Waals surface area (Å²) in [7, 11) is 1.86. The number of nitrogens with one attached hydrogen (secondary N) is 1. The molecule has 0 saturated carbocycles. The summed E-state index contributed by atoms with van der Waals surface area (Å²) in [4.78, 5) is 8.39. The van der Waals surface area contributed by atoms with Crippen molar-refractivity contribution in [1.29, 1.82) is 0 Å². The van der Waals surface area contributed by atoms with Crippen LogP contribution in [0.5, 0.6) is 5.88 Å². The summed E-state index contributed by atoms with van der Waals surface area (Å²) < 4.78 is 5.53. The number of hydrogen-bond donors (Lipinski definition) is 1. The van der Waals surface area contributed by atoms with E-state index in [1.807, 2.05) is 31.3 Å². The van der Waals surface area contributed by atoms with Crippen LogP contribution in [0.1, 0.15) is 11.3 Å². The van der Waals surface area contributed by atoms with Crippen LogP contribution < -0.4 is 10.1 Å². The van der Waals surface area contributed by atoms with Crippen LogP contribution in [-0.2, 0) is 13.2 Å². The fraction of sp³-hybridized carbons (Fsp3) is 0.231. The molecule has 0 saturated heterocycles. The summed E-state index contributed by atoms with van der Waals surface area (Å²) >= 11 is 6.03. The molecule has 2 rings (SSSR count). The van der Waals surface area contributed by atoms with Gasteiger partial charge in [0.15, 0.2) is 0 Å². The van der Waals surface area contributed by atoms with Crippen molar-refractivity contribution in [3.8, 4) is 5.88 Å². The van der Waals surface area contributed by atoms with Crippen LogP contribution in [-0.4, -0.2) is 17.0 Å². The fourth-order valence-electron chi connectivity index (χ4n) is 1.46. The number of halogens is 1. The van der Waals surface area contributed by atoms with E-state index in [0.29, 0.717) is 24.1 Å². The monoisotopic (exact) mass is 263 g/mol. The van der Waals surface area contributed by atoms with Crippen molar-refractivity contribution >= 4 is 11.6 Å². The molecular formula is C13H14ClN3O. The second-order valence-electron chi connectivity index (χ2n) is 3.76. The van der Waals surface area contributed by atoms with E-state index in [1.54, 1.807) is 12.4 Å². The topological polar surface area (TPSA) is 47.0 Å². The summed E-state index contributed by atoms with van der Waals surface area (Å²) in [5.74, 6) is 0.495. The Morgan fingerprint density at radius 2 is 2.06 bits per heavy atom. The van der Waals surface area contributed by atoms with Gasteiger partial charge in [-0.15, -0.1) is 0 Å².